The number of piperazine rings is 1. The summed E-state index contributed by atoms with van der Waals surface area (Å²) in [6, 6.07) is 17.6. The van der Waals surface area contributed by atoms with E-state index < -0.39 is 35.6 Å². The number of nitrogens with two attached hydrogens (primary N) is 1. The van der Waals surface area contributed by atoms with E-state index in [0.29, 0.717) is 46.0 Å². The van der Waals surface area contributed by atoms with Crippen LogP contribution in [0.4, 0.5) is 11.5 Å². The molecule has 1 unspecified atom stereocenters. The maximum Gasteiger partial charge on any atom is 0.262 e. The van der Waals surface area contributed by atoms with Crippen LogP contribution in [-0.2, 0) is 9.59 Å². The van der Waals surface area contributed by atoms with Crippen LogP contribution < -0.4 is 25.6 Å². The zero-order valence-electron chi connectivity index (χ0n) is 33.7. The molecule has 5 amide bonds. The van der Waals surface area contributed by atoms with E-state index in [1.165, 1.54) is 0 Å². The number of primary amides is 1. The molecule has 0 radical (unpaired) electrons. The van der Waals surface area contributed by atoms with Crippen molar-refractivity contribution in [2.24, 2.45) is 17.1 Å². The van der Waals surface area contributed by atoms with E-state index in [1.807, 2.05) is 36.4 Å². The highest BCUT2D eigenvalue weighted by molar-refractivity contribution is 6.23. The lowest BCUT2D eigenvalue weighted by Crippen LogP contribution is -2.54. The Labute approximate surface area is 347 Å². The van der Waals surface area contributed by atoms with Crippen LogP contribution in [0.1, 0.15) is 94.2 Å². The van der Waals surface area contributed by atoms with Gasteiger partial charge >= 0.3 is 0 Å². The summed E-state index contributed by atoms with van der Waals surface area (Å²) in [5, 5.41) is 12.6. The number of hydrogen-bond acceptors (Lipinski definition) is 12. The molecule has 1 saturated carbocycles. The van der Waals surface area contributed by atoms with Gasteiger partial charge in [-0.3, -0.25) is 44.1 Å². The van der Waals surface area contributed by atoms with E-state index in [2.05, 4.69) is 44.9 Å². The van der Waals surface area contributed by atoms with Crippen LogP contribution in [0, 0.1) is 22.7 Å². The third-order valence-corrected chi connectivity index (χ3v) is 13.4. The number of amides is 5. The Balaban J connectivity index is 0.795. The molecule has 0 spiro atoms. The van der Waals surface area contributed by atoms with Crippen molar-refractivity contribution in [1.29, 1.82) is 5.26 Å². The summed E-state index contributed by atoms with van der Waals surface area (Å²) in [6.07, 6.45) is 4.42. The van der Waals surface area contributed by atoms with Crippen LogP contribution in [0.15, 0.2) is 60.8 Å². The number of nitrogens with zero attached hydrogens (tertiary/aromatic N) is 7. The van der Waals surface area contributed by atoms with Gasteiger partial charge in [0.1, 0.15) is 29.8 Å². The van der Waals surface area contributed by atoms with Gasteiger partial charge in [0.15, 0.2) is 0 Å². The fourth-order valence-corrected chi connectivity index (χ4v) is 9.71. The lowest BCUT2D eigenvalue weighted by atomic mass is 9.58. The van der Waals surface area contributed by atoms with Gasteiger partial charge in [0.25, 0.3) is 17.7 Å². The molecular weight excluding hydrogens is 763 g/mol. The quantitative estimate of drug-likeness (QED) is 0.231. The number of nitriles is 1. The first-order chi connectivity index (χ1) is 28.9. The fraction of sp³-hybridized carbons (Fsp3) is 0.422. The highest BCUT2D eigenvalue weighted by Crippen LogP contribution is 2.55. The summed E-state index contributed by atoms with van der Waals surface area (Å²) in [5.74, 6) is -0.504. The number of hydrogen-bond donors (Lipinski definition) is 2. The van der Waals surface area contributed by atoms with E-state index in [9.17, 15) is 29.2 Å². The number of rotatable bonds is 9. The van der Waals surface area contributed by atoms with Gasteiger partial charge in [-0.05, 0) is 86.2 Å². The second-order valence-electron chi connectivity index (χ2n) is 17.2. The van der Waals surface area contributed by atoms with Crippen molar-refractivity contribution < 1.29 is 28.7 Å². The maximum atomic E-state index is 13.4. The Morgan fingerprint density at radius 1 is 0.933 bits per heavy atom. The van der Waals surface area contributed by atoms with Gasteiger partial charge in [-0.25, -0.2) is 4.98 Å². The highest BCUT2D eigenvalue weighted by atomic mass is 16.5. The van der Waals surface area contributed by atoms with Gasteiger partial charge in [0, 0.05) is 80.8 Å². The Kier molecular flexibility index (Phi) is 9.98. The standard InChI is InChI=1S/C45H47N9O6/c1-45(2)33(23-36(45)60-35-10-5-27(24-46)39-30(35)4-3-15-48-39)40-31(41(47)56)8-11-37(49-40)53-16-13-26(14-17-53)25-51-18-20-52(21-19-51)28-6-7-29-32(22-28)44(59)54(43(29)58)34-9-12-38(55)50-42(34)57/h3-8,10-11,15,22,26,33-34,36H,9,12-14,16-21,23,25H2,1-2H3,(H2,47,56)(H,50,55,57)/t33-,34?,36-/m1/s1. The number of carbonyl (C=O) groups excluding carboxylic acids is 5. The second-order valence-corrected chi connectivity index (χ2v) is 17.2. The van der Waals surface area contributed by atoms with Crippen molar-refractivity contribution >= 4 is 51.9 Å². The summed E-state index contributed by atoms with van der Waals surface area (Å²) in [7, 11) is 0. The zero-order chi connectivity index (χ0) is 41.9. The average Bonchev–Trinajstić information content (AvgIpc) is 3.50. The highest BCUT2D eigenvalue weighted by Gasteiger charge is 2.52. The number of anilines is 2. The molecule has 3 saturated heterocycles. The molecule has 2 aromatic heterocycles. The second kappa shape index (κ2) is 15.3. The number of benzene rings is 2. The Hall–Kier alpha value is -6.40. The van der Waals surface area contributed by atoms with Crippen molar-refractivity contribution in [3.05, 3.63) is 88.7 Å². The Morgan fingerprint density at radius 3 is 2.42 bits per heavy atom. The van der Waals surface area contributed by atoms with Gasteiger partial charge in [-0.2, -0.15) is 5.26 Å². The number of carbonyl (C=O) groups is 5. The van der Waals surface area contributed by atoms with E-state index in [4.69, 9.17) is 15.5 Å². The molecule has 2 aromatic carbocycles. The number of fused-ring (bicyclic) bond motifs is 2. The molecule has 15 heteroatoms. The number of ether oxygens (including phenoxy) is 1. The third kappa shape index (κ3) is 6.88. The number of aromatic nitrogens is 2. The minimum atomic E-state index is -0.985. The molecule has 15 nitrogen and oxygen atoms in total. The Bertz CT molecular complexity index is 2480. The third-order valence-electron chi connectivity index (χ3n) is 13.4. The van der Waals surface area contributed by atoms with Crippen LogP contribution in [0.25, 0.3) is 10.9 Å². The lowest BCUT2D eigenvalue weighted by Gasteiger charge is -2.51. The van der Waals surface area contributed by atoms with Gasteiger partial charge in [-0.1, -0.05) is 13.8 Å². The molecule has 4 fully saturated rings. The van der Waals surface area contributed by atoms with E-state index in [-0.39, 0.29) is 35.8 Å². The fourth-order valence-electron chi connectivity index (χ4n) is 9.71. The molecule has 3 N–H and O–H groups in total. The van der Waals surface area contributed by atoms with Crippen LogP contribution in [0.2, 0.25) is 0 Å². The maximum absolute atomic E-state index is 13.4. The first-order valence-corrected chi connectivity index (χ1v) is 20.7. The molecular formula is C45H47N9O6. The number of piperidine rings is 2. The Morgan fingerprint density at radius 2 is 1.70 bits per heavy atom. The molecule has 5 aliphatic rings. The monoisotopic (exact) mass is 809 g/mol. The van der Waals surface area contributed by atoms with E-state index >= 15 is 0 Å². The molecule has 4 aromatic rings. The normalized spacial score (nSPS) is 23.3. The minimum absolute atomic E-state index is 0.0451. The molecule has 308 valence electrons. The summed E-state index contributed by atoms with van der Waals surface area (Å²) in [5.41, 5.74) is 9.25. The van der Waals surface area contributed by atoms with E-state index in [0.717, 1.165) is 80.4 Å². The topological polar surface area (TPSA) is 195 Å². The molecule has 3 atom stereocenters. The van der Waals surface area contributed by atoms with Crippen LogP contribution in [0.3, 0.4) is 0 Å². The first kappa shape index (κ1) is 39.1. The van der Waals surface area contributed by atoms with Crippen LogP contribution >= 0.6 is 0 Å². The van der Waals surface area contributed by atoms with Crippen molar-refractivity contribution in [2.75, 3.05) is 55.6 Å². The molecule has 60 heavy (non-hydrogen) atoms. The number of imide groups is 2. The van der Waals surface area contributed by atoms with Crippen LogP contribution in [-0.4, -0.2) is 107 Å². The lowest BCUT2D eigenvalue weighted by molar-refractivity contribution is -0.136. The van der Waals surface area contributed by atoms with Crippen molar-refractivity contribution in [2.45, 2.75) is 64.0 Å². The minimum Gasteiger partial charge on any atom is -0.489 e. The molecule has 6 heterocycles. The summed E-state index contributed by atoms with van der Waals surface area (Å²) in [4.78, 5) is 80.9. The van der Waals surface area contributed by atoms with E-state index in [1.54, 1.807) is 24.4 Å². The molecule has 0 bridgehead atoms. The summed E-state index contributed by atoms with van der Waals surface area (Å²) in [6.45, 7) is 10.2. The zero-order valence-corrected chi connectivity index (χ0v) is 33.7. The largest absolute Gasteiger partial charge is 0.489 e. The predicted octanol–water partition coefficient (Wildman–Crippen LogP) is 4.00. The molecule has 4 aliphatic heterocycles. The van der Waals surface area contributed by atoms with Crippen LogP contribution in [0.5, 0.6) is 5.75 Å². The van der Waals surface area contributed by atoms with Gasteiger partial charge in [0.05, 0.1) is 33.5 Å². The number of nitrogens with one attached hydrogen (secondary N) is 1. The average molecular weight is 810 g/mol. The summed E-state index contributed by atoms with van der Waals surface area (Å²) >= 11 is 0. The smallest absolute Gasteiger partial charge is 0.262 e. The van der Waals surface area contributed by atoms with Gasteiger partial charge in [-0.15, -0.1) is 0 Å². The number of pyridine rings is 2. The molecule has 9 rings (SSSR count). The SMILES string of the molecule is CC1(C)[C@@H](c2nc(N3CCC(CN4CCN(c5ccc6c(c5)C(=O)N(C5CCC(=O)NC5=O)C6=O)CC4)CC3)ccc2C(N)=O)C[C@H]1Oc1ccc(C#N)c2ncccc12. The van der Waals surface area contributed by atoms with Crippen molar-refractivity contribution in [1.82, 2.24) is 25.1 Å². The van der Waals surface area contributed by atoms with Gasteiger partial charge in [0.2, 0.25) is 11.8 Å². The summed E-state index contributed by atoms with van der Waals surface area (Å²) < 4.78 is 6.58. The molecule has 1 aliphatic carbocycles. The predicted molar refractivity (Wildman–Crippen MR) is 221 cm³/mol. The van der Waals surface area contributed by atoms with Crippen molar-refractivity contribution in [3.8, 4) is 11.8 Å². The van der Waals surface area contributed by atoms with Gasteiger partial charge < -0.3 is 20.3 Å². The van der Waals surface area contributed by atoms with Crippen molar-refractivity contribution in [3.63, 3.8) is 0 Å². The first-order valence-electron chi connectivity index (χ1n) is 20.7.